The van der Waals surface area contributed by atoms with Crippen molar-refractivity contribution < 1.29 is 9.90 Å². The molecule has 0 unspecified atom stereocenters. The van der Waals surface area contributed by atoms with Gasteiger partial charge < -0.3 is 21.1 Å². The Hall–Kier alpha value is -3.90. The van der Waals surface area contributed by atoms with Crippen LogP contribution in [0, 0.1) is 5.92 Å². The first kappa shape index (κ1) is 21.9. The molecule has 3 aromatic carbocycles. The number of nitrogens with two attached hydrogens (primary N) is 1. The molecule has 1 aliphatic carbocycles. The summed E-state index contributed by atoms with van der Waals surface area (Å²) in [5, 5.41) is 14.1. The van der Waals surface area contributed by atoms with Crippen LogP contribution in [0.25, 0.3) is 11.3 Å². The second-order valence-corrected chi connectivity index (χ2v) is 9.11. The number of aliphatic hydroxyl groups is 1. The summed E-state index contributed by atoms with van der Waals surface area (Å²) >= 11 is 0. The van der Waals surface area contributed by atoms with Crippen LogP contribution >= 0.6 is 0 Å². The number of aromatic amines is 1. The zero-order chi connectivity index (χ0) is 23.7. The number of aromatic nitrogens is 2. The minimum atomic E-state index is -1.06. The molecular weight excluding hydrogens is 424 g/mol. The van der Waals surface area contributed by atoms with Gasteiger partial charge >= 0.3 is 0 Å². The van der Waals surface area contributed by atoms with Gasteiger partial charge in [-0.3, -0.25) is 4.79 Å². The third-order valence-corrected chi connectivity index (χ3v) is 6.69. The Morgan fingerprint density at radius 3 is 2.38 bits per heavy atom. The lowest BCUT2D eigenvalue weighted by molar-refractivity contribution is -0.122. The Morgan fingerprint density at radius 1 is 1.06 bits per heavy atom. The number of imidazole rings is 1. The molecule has 172 valence electrons. The van der Waals surface area contributed by atoms with E-state index in [-0.39, 0.29) is 17.7 Å². The summed E-state index contributed by atoms with van der Waals surface area (Å²) in [6.07, 6.45) is 2.55. The topological polar surface area (TPSA) is 104 Å². The molecule has 0 spiro atoms. The van der Waals surface area contributed by atoms with Crippen molar-refractivity contribution in [3.05, 3.63) is 107 Å². The van der Waals surface area contributed by atoms with E-state index in [1.807, 2.05) is 85.8 Å². The minimum Gasteiger partial charge on any atom is -0.381 e. The molecular formula is C28H28N4O2. The number of carbonyl (C=O) groups is 1. The Morgan fingerprint density at radius 2 is 1.74 bits per heavy atom. The van der Waals surface area contributed by atoms with Crippen LogP contribution in [0.5, 0.6) is 0 Å². The van der Waals surface area contributed by atoms with Crippen molar-refractivity contribution in [2.45, 2.75) is 31.4 Å². The van der Waals surface area contributed by atoms with E-state index < -0.39 is 5.60 Å². The molecule has 4 aromatic rings. The van der Waals surface area contributed by atoms with Gasteiger partial charge in [-0.1, -0.05) is 78.9 Å². The van der Waals surface area contributed by atoms with Crippen LogP contribution in [-0.2, 0) is 16.9 Å². The lowest BCUT2D eigenvalue weighted by Crippen LogP contribution is -2.25. The van der Waals surface area contributed by atoms with Crippen molar-refractivity contribution in [2.24, 2.45) is 5.92 Å². The zero-order valence-corrected chi connectivity index (χ0v) is 19.0. The van der Waals surface area contributed by atoms with Crippen molar-refractivity contribution in [2.75, 3.05) is 5.73 Å². The maximum atomic E-state index is 12.7. The number of rotatable bonds is 7. The molecule has 1 aromatic heterocycles. The Bertz CT molecular complexity index is 1280. The molecule has 34 heavy (non-hydrogen) atoms. The highest BCUT2D eigenvalue weighted by Gasteiger charge is 2.43. The number of carbonyl (C=O) groups excluding carboxylic acids is 1. The Balaban J connectivity index is 1.16. The highest BCUT2D eigenvalue weighted by molar-refractivity contribution is 5.82. The molecule has 6 nitrogen and oxygen atoms in total. The maximum absolute atomic E-state index is 12.7. The summed E-state index contributed by atoms with van der Waals surface area (Å²) in [6.45, 7) is 2.30. The maximum Gasteiger partial charge on any atom is 0.224 e. The van der Waals surface area contributed by atoms with E-state index in [9.17, 15) is 9.90 Å². The minimum absolute atomic E-state index is 0.00674. The van der Waals surface area contributed by atoms with Gasteiger partial charge in [0.15, 0.2) is 5.95 Å². The molecule has 0 radical (unpaired) electrons. The second-order valence-electron chi connectivity index (χ2n) is 9.11. The number of benzene rings is 3. The molecule has 5 N–H and O–H groups in total. The fraction of sp³-hybridized carbons (Fsp3) is 0.214. The fourth-order valence-electron chi connectivity index (χ4n) is 4.44. The average molecular weight is 453 g/mol. The number of anilines is 1. The van der Waals surface area contributed by atoms with Crippen LogP contribution in [0.1, 0.15) is 41.5 Å². The van der Waals surface area contributed by atoms with Gasteiger partial charge in [-0.05, 0) is 47.1 Å². The van der Waals surface area contributed by atoms with Crippen molar-refractivity contribution in [3.8, 4) is 11.3 Å². The number of nitrogen functional groups attached to an aromatic ring is 1. The number of nitrogens with zero attached hydrogens (tertiary/aromatic N) is 1. The first-order valence-corrected chi connectivity index (χ1v) is 11.5. The van der Waals surface area contributed by atoms with Gasteiger partial charge in [0.25, 0.3) is 0 Å². The average Bonchev–Trinajstić information content (AvgIpc) is 3.56. The van der Waals surface area contributed by atoms with Crippen molar-refractivity contribution >= 4 is 11.9 Å². The van der Waals surface area contributed by atoms with Crippen LogP contribution < -0.4 is 11.1 Å². The lowest BCUT2D eigenvalue weighted by atomic mass is 9.87. The van der Waals surface area contributed by atoms with Crippen LogP contribution in [-0.4, -0.2) is 21.0 Å². The standard InChI is InChI=1S/C28H28N4O2/c1-28(34,21-5-3-2-4-6-21)22-13-11-19(12-14-22)23-15-24(23)26(33)30-16-18-7-9-20(10-8-18)25-17-31-27(29)32-25/h2-14,17,23-24,34H,15-16H2,1H3,(H,30,33)(H3,29,31,32)/t23-,24-,28+/m1/s1. The Labute approximate surface area is 198 Å². The summed E-state index contributed by atoms with van der Waals surface area (Å²) in [7, 11) is 0. The predicted octanol–water partition coefficient (Wildman–Crippen LogP) is 4.33. The summed E-state index contributed by atoms with van der Waals surface area (Å²) in [6, 6.07) is 25.6. The van der Waals surface area contributed by atoms with E-state index in [0.717, 1.165) is 39.9 Å². The number of hydrogen-bond donors (Lipinski definition) is 4. The summed E-state index contributed by atoms with van der Waals surface area (Å²) in [5.74, 6) is 0.689. The van der Waals surface area contributed by atoms with Crippen molar-refractivity contribution in [1.82, 2.24) is 15.3 Å². The van der Waals surface area contributed by atoms with Crippen LogP contribution in [0.4, 0.5) is 5.95 Å². The largest absolute Gasteiger partial charge is 0.381 e. The lowest BCUT2D eigenvalue weighted by Gasteiger charge is -2.24. The number of amides is 1. The molecule has 0 saturated heterocycles. The third-order valence-electron chi connectivity index (χ3n) is 6.69. The zero-order valence-electron chi connectivity index (χ0n) is 19.0. The van der Waals surface area contributed by atoms with Crippen molar-refractivity contribution in [3.63, 3.8) is 0 Å². The third kappa shape index (κ3) is 4.45. The molecule has 6 heteroatoms. The van der Waals surface area contributed by atoms with Gasteiger partial charge in [-0.2, -0.15) is 0 Å². The molecule has 0 bridgehead atoms. The van der Waals surface area contributed by atoms with E-state index >= 15 is 0 Å². The predicted molar refractivity (Wildman–Crippen MR) is 133 cm³/mol. The van der Waals surface area contributed by atoms with Gasteiger partial charge in [0.2, 0.25) is 5.91 Å². The normalized spacial score (nSPS) is 18.8. The number of nitrogens with one attached hydrogen (secondary N) is 2. The fourth-order valence-corrected chi connectivity index (χ4v) is 4.44. The van der Waals surface area contributed by atoms with Gasteiger partial charge in [0.05, 0.1) is 11.9 Å². The highest BCUT2D eigenvalue weighted by Crippen LogP contribution is 2.48. The van der Waals surface area contributed by atoms with Crippen molar-refractivity contribution in [1.29, 1.82) is 0 Å². The van der Waals surface area contributed by atoms with E-state index in [1.165, 1.54) is 0 Å². The van der Waals surface area contributed by atoms with Gasteiger partial charge in [-0.15, -0.1) is 0 Å². The molecule has 0 aliphatic heterocycles. The smallest absolute Gasteiger partial charge is 0.224 e. The number of H-pyrrole nitrogens is 1. The van der Waals surface area contributed by atoms with E-state index in [0.29, 0.717) is 12.5 Å². The summed E-state index contributed by atoms with van der Waals surface area (Å²) in [4.78, 5) is 19.7. The summed E-state index contributed by atoms with van der Waals surface area (Å²) in [5.41, 5.74) is 10.3. The first-order valence-electron chi connectivity index (χ1n) is 11.5. The van der Waals surface area contributed by atoms with Gasteiger partial charge in [0.1, 0.15) is 5.60 Å². The van der Waals surface area contributed by atoms with Crippen LogP contribution in [0.15, 0.2) is 85.1 Å². The highest BCUT2D eigenvalue weighted by atomic mass is 16.3. The Kier molecular flexibility index (Phi) is 5.67. The SMILES string of the molecule is C[C@](O)(c1ccccc1)c1ccc([C@H]2C[C@H]2C(=O)NCc2ccc(-c3cnc(N)[nH]3)cc2)cc1. The monoisotopic (exact) mass is 452 g/mol. The van der Waals surface area contributed by atoms with E-state index in [1.54, 1.807) is 6.20 Å². The molecule has 1 fully saturated rings. The summed E-state index contributed by atoms with van der Waals surface area (Å²) < 4.78 is 0. The van der Waals surface area contributed by atoms with E-state index in [4.69, 9.17) is 5.73 Å². The molecule has 3 atom stereocenters. The molecule has 1 amide bonds. The van der Waals surface area contributed by atoms with Crippen LogP contribution in [0.3, 0.4) is 0 Å². The molecule has 1 heterocycles. The first-order chi connectivity index (χ1) is 16.4. The number of hydrogen-bond acceptors (Lipinski definition) is 4. The van der Waals surface area contributed by atoms with Crippen LogP contribution in [0.2, 0.25) is 0 Å². The van der Waals surface area contributed by atoms with Gasteiger partial charge in [0, 0.05) is 12.5 Å². The molecule has 5 rings (SSSR count). The molecule has 1 aliphatic rings. The van der Waals surface area contributed by atoms with E-state index in [2.05, 4.69) is 15.3 Å². The van der Waals surface area contributed by atoms with Gasteiger partial charge in [-0.25, -0.2) is 4.98 Å². The molecule has 1 saturated carbocycles. The quantitative estimate of drug-likeness (QED) is 0.335. The second kappa shape index (κ2) is 8.80.